The van der Waals surface area contributed by atoms with Crippen molar-refractivity contribution in [2.75, 3.05) is 6.54 Å². The number of hydrogen-bond acceptors (Lipinski definition) is 3. The van der Waals surface area contributed by atoms with Crippen LogP contribution in [0.4, 0.5) is 0 Å². The highest BCUT2D eigenvalue weighted by Gasteiger charge is 2.10. The predicted molar refractivity (Wildman–Crippen MR) is 66.4 cm³/mol. The topological polar surface area (TPSA) is 84.2 Å². The van der Waals surface area contributed by atoms with Gasteiger partial charge >= 0.3 is 5.97 Å². The molecule has 0 bridgehead atoms. The van der Waals surface area contributed by atoms with Crippen molar-refractivity contribution < 1.29 is 14.7 Å². The number of carboxylic acid groups (broad SMARTS) is 1. The van der Waals surface area contributed by atoms with Crippen molar-refractivity contribution >= 4 is 11.9 Å². The highest BCUT2D eigenvalue weighted by atomic mass is 16.4. The summed E-state index contributed by atoms with van der Waals surface area (Å²) in [5.74, 6) is -0.916. The van der Waals surface area contributed by atoms with Crippen LogP contribution in [0.15, 0.2) is 6.07 Å². The van der Waals surface area contributed by atoms with Crippen LogP contribution in [-0.2, 0) is 11.8 Å². The standard InChI is InChI=1S/C12H19N3O3/c1-9-8-10(15(2)14-9)12(18)13-7-5-3-4-6-11(16)17/h8H,3-7H2,1-2H3,(H,13,18)(H,16,17). The summed E-state index contributed by atoms with van der Waals surface area (Å²) in [4.78, 5) is 22.0. The van der Waals surface area contributed by atoms with Crippen LogP contribution in [0.3, 0.4) is 0 Å². The highest BCUT2D eigenvalue weighted by molar-refractivity contribution is 5.92. The Kier molecular flexibility index (Phi) is 5.35. The van der Waals surface area contributed by atoms with E-state index in [2.05, 4.69) is 10.4 Å². The number of unbranched alkanes of at least 4 members (excludes halogenated alkanes) is 2. The Labute approximate surface area is 106 Å². The number of rotatable bonds is 7. The van der Waals surface area contributed by atoms with Crippen LogP contribution in [0.1, 0.15) is 41.9 Å². The lowest BCUT2D eigenvalue weighted by Gasteiger charge is -2.04. The second-order valence-electron chi connectivity index (χ2n) is 4.25. The molecule has 1 heterocycles. The first kappa shape index (κ1) is 14.2. The number of aromatic nitrogens is 2. The van der Waals surface area contributed by atoms with Crippen molar-refractivity contribution in [1.82, 2.24) is 15.1 Å². The predicted octanol–water partition coefficient (Wildman–Crippen LogP) is 1.10. The summed E-state index contributed by atoms with van der Waals surface area (Å²) in [6, 6.07) is 1.74. The average molecular weight is 253 g/mol. The first-order valence-electron chi connectivity index (χ1n) is 6.01. The van der Waals surface area contributed by atoms with Gasteiger partial charge in [0.25, 0.3) is 5.91 Å². The minimum atomic E-state index is -0.774. The molecule has 1 aromatic heterocycles. The van der Waals surface area contributed by atoms with E-state index in [4.69, 9.17) is 5.11 Å². The fraction of sp³-hybridized carbons (Fsp3) is 0.583. The molecule has 0 spiro atoms. The van der Waals surface area contributed by atoms with Gasteiger partial charge in [-0.1, -0.05) is 6.42 Å². The van der Waals surface area contributed by atoms with Gasteiger partial charge in [0.15, 0.2) is 0 Å². The number of carbonyl (C=O) groups excluding carboxylic acids is 1. The van der Waals surface area contributed by atoms with Crippen molar-refractivity contribution in [3.8, 4) is 0 Å². The van der Waals surface area contributed by atoms with Gasteiger partial charge in [0.05, 0.1) is 5.69 Å². The number of aryl methyl sites for hydroxylation is 2. The number of hydrogen-bond donors (Lipinski definition) is 2. The van der Waals surface area contributed by atoms with Crippen molar-refractivity contribution in [1.29, 1.82) is 0 Å². The quantitative estimate of drug-likeness (QED) is 0.713. The molecule has 0 aliphatic carbocycles. The van der Waals surface area contributed by atoms with Crippen LogP contribution in [0.2, 0.25) is 0 Å². The molecule has 2 N–H and O–H groups in total. The largest absolute Gasteiger partial charge is 0.481 e. The maximum Gasteiger partial charge on any atom is 0.303 e. The Bertz CT molecular complexity index is 426. The molecule has 6 heteroatoms. The van der Waals surface area contributed by atoms with Gasteiger partial charge in [-0.25, -0.2) is 0 Å². The third-order valence-corrected chi connectivity index (χ3v) is 2.59. The van der Waals surface area contributed by atoms with Crippen LogP contribution in [0.25, 0.3) is 0 Å². The summed E-state index contributed by atoms with van der Waals surface area (Å²) in [7, 11) is 1.73. The smallest absolute Gasteiger partial charge is 0.303 e. The first-order valence-corrected chi connectivity index (χ1v) is 6.01. The van der Waals surface area contributed by atoms with E-state index >= 15 is 0 Å². The molecule has 0 unspecified atom stereocenters. The summed E-state index contributed by atoms with van der Waals surface area (Å²) in [6.07, 6.45) is 2.43. The van der Waals surface area contributed by atoms with Crippen molar-refractivity contribution in [3.63, 3.8) is 0 Å². The number of carboxylic acids is 1. The van der Waals surface area contributed by atoms with Gasteiger partial charge in [-0.2, -0.15) is 5.10 Å². The second kappa shape index (κ2) is 6.78. The Morgan fingerprint density at radius 3 is 2.67 bits per heavy atom. The summed E-state index contributed by atoms with van der Waals surface area (Å²) in [5.41, 5.74) is 1.35. The van der Waals surface area contributed by atoms with Crippen molar-refractivity contribution in [3.05, 3.63) is 17.5 Å². The van der Waals surface area contributed by atoms with Gasteiger partial charge in [-0.05, 0) is 25.8 Å². The molecule has 0 aliphatic rings. The molecule has 0 saturated heterocycles. The van der Waals surface area contributed by atoms with E-state index < -0.39 is 5.97 Å². The minimum Gasteiger partial charge on any atom is -0.481 e. The maximum atomic E-state index is 11.8. The number of aliphatic carboxylic acids is 1. The van der Waals surface area contributed by atoms with E-state index in [1.54, 1.807) is 17.8 Å². The molecule has 100 valence electrons. The molecule has 1 rings (SSSR count). The third-order valence-electron chi connectivity index (χ3n) is 2.59. The highest BCUT2D eigenvalue weighted by Crippen LogP contribution is 2.02. The molecule has 0 atom stereocenters. The Hall–Kier alpha value is -1.85. The zero-order valence-corrected chi connectivity index (χ0v) is 10.8. The number of nitrogens with one attached hydrogen (secondary N) is 1. The number of amides is 1. The van der Waals surface area contributed by atoms with E-state index in [1.807, 2.05) is 6.92 Å². The zero-order valence-electron chi connectivity index (χ0n) is 10.8. The van der Waals surface area contributed by atoms with Crippen molar-refractivity contribution in [2.45, 2.75) is 32.6 Å². The van der Waals surface area contributed by atoms with Gasteiger partial charge in [-0.3, -0.25) is 14.3 Å². The summed E-state index contributed by atoms with van der Waals surface area (Å²) in [5, 5.41) is 15.4. The molecule has 0 aromatic carbocycles. The fourth-order valence-electron chi connectivity index (χ4n) is 1.69. The fourth-order valence-corrected chi connectivity index (χ4v) is 1.69. The molecular weight excluding hydrogens is 234 g/mol. The molecule has 0 radical (unpaired) electrons. The van der Waals surface area contributed by atoms with Gasteiger partial charge < -0.3 is 10.4 Å². The molecular formula is C12H19N3O3. The van der Waals surface area contributed by atoms with Gasteiger partial charge in [0, 0.05) is 20.0 Å². The lowest BCUT2D eigenvalue weighted by molar-refractivity contribution is -0.137. The molecule has 6 nitrogen and oxygen atoms in total. The second-order valence-corrected chi connectivity index (χ2v) is 4.25. The van der Waals surface area contributed by atoms with Crippen LogP contribution in [-0.4, -0.2) is 33.3 Å². The summed E-state index contributed by atoms with van der Waals surface area (Å²) < 4.78 is 1.55. The Balaban J connectivity index is 2.22. The average Bonchev–Trinajstić information content (AvgIpc) is 2.62. The van der Waals surface area contributed by atoms with Gasteiger partial charge in [0.2, 0.25) is 0 Å². The normalized spacial score (nSPS) is 10.3. The number of nitrogens with zero attached hydrogens (tertiary/aromatic N) is 2. The summed E-state index contributed by atoms with van der Waals surface area (Å²) >= 11 is 0. The van der Waals surface area contributed by atoms with Crippen LogP contribution >= 0.6 is 0 Å². The van der Waals surface area contributed by atoms with Crippen LogP contribution < -0.4 is 5.32 Å². The third kappa shape index (κ3) is 4.57. The van der Waals surface area contributed by atoms with Gasteiger partial charge in [-0.15, -0.1) is 0 Å². The van der Waals surface area contributed by atoms with E-state index in [0.717, 1.165) is 18.5 Å². The lowest BCUT2D eigenvalue weighted by Crippen LogP contribution is -2.26. The van der Waals surface area contributed by atoms with Crippen LogP contribution in [0.5, 0.6) is 0 Å². The Morgan fingerprint density at radius 1 is 1.39 bits per heavy atom. The van der Waals surface area contributed by atoms with E-state index in [9.17, 15) is 9.59 Å². The molecule has 1 aromatic rings. The molecule has 0 fully saturated rings. The maximum absolute atomic E-state index is 11.8. The minimum absolute atomic E-state index is 0.142. The van der Waals surface area contributed by atoms with E-state index in [1.165, 1.54) is 0 Å². The monoisotopic (exact) mass is 253 g/mol. The lowest BCUT2D eigenvalue weighted by atomic mass is 10.2. The van der Waals surface area contributed by atoms with E-state index in [0.29, 0.717) is 18.7 Å². The molecule has 0 saturated carbocycles. The summed E-state index contributed by atoms with van der Waals surface area (Å²) in [6.45, 7) is 2.39. The molecule has 0 aliphatic heterocycles. The van der Waals surface area contributed by atoms with Gasteiger partial charge in [0.1, 0.15) is 5.69 Å². The Morgan fingerprint density at radius 2 is 2.11 bits per heavy atom. The van der Waals surface area contributed by atoms with Crippen LogP contribution in [0, 0.1) is 6.92 Å². The molecule has 18 heavy (non-hydrogen) atoms. The SMILES string of the molecule is Cc1cc(C(=O)NCCCCCC(=O)O)n(C)n1. The molecule has 1 amide bonds. The van der Waals surface area contributed by atoms with E-state index in [-0.39, 0.29) is 12.3 Å². The zero-order chi connectivity index (χ0) is 13.5. The van der Waals surface area contributed by atoms with Crippen molar-refractivity contribution in [2.24, 2.45) is 7.05 Å². The first-order chi connectivity index (χ1) is 8.50. The number of carbonyl (C=O) groups is 2.